The third kappa shape index (κ3) is 4.99. The van der Waals surface area contributed by atoms with Crippen LogP contribution < -0.4 is 11.5 Å². The smallest absolute Gasteiger partial charge is 0.394 e. The molecule has 2 aromatic heterocycles. The Kier molecular flexibility index (Phi) is 7.10. The van der Waals surface area contributed by atoms with Crippen LogP contribution >= 0.6 is 7.82 Å². The molecule has 0 spiro atoms. The maximum absolute atomic E-state index is 12.3. The van der Waals surface area contributed by atoms with Crippen LogP contribution in [0.1, 0.15) is 19.1 Å². The van der Waals surface area contributed by atoms with E-state index in [1.807, 2.05) is 0 Å². The summed E-state index contributed by atoms with van der Waals surface area (Å²) < 4.78 is 29.4. The lowest BCUT2D eigenvalue weighted by Gasteiger charge is -2.22. The molecular formula is C15H23N6O8P. The van der Waals surface area contributed by atoms with Crippen molar-refractivity contribution < 1.29 is 38.3 Å². The van der Waals surface area contributed by atoms with Gasteiger partial charge < -0.3 is 36.1 Å². The van der Waals surface area contributed by atoms with E-state index >= 15 is 0 Å². The number of aliphatic hydroxyl groups excluding tert-OH is 2. The number of anilines is 1. The zero-order chi connectivity index (χ0) is 21.9. The van der Waals surface area contributed by atoms with Crippen LogP contribution in [0.4, 0.5) is 5.82 Å². The fourth-order valence-electron chi connectivity index (χ4n) is 2.99. The number of imidazole rings is 1. The average molecular weight is 446 g/mol. The molecule has 1 saturated heterocycles. The molecule has 0 amide bonds. The van der Waals surface area contributed by atoms with Crippen molar-refractivity contribution in [3.8, 4) is 0 Å². The number of phosphoric acid groups is 1. The molecule has 3 rings (SSSR count). The number of nitrogens with two attached hydrogens (primary N) is 2. The number of hydrogen-bond donors (Lipinski definition) is 5. The van der Waals surface area contributed by atoms with Crippen LogP contribution in [0.3, 0.4) is 0 Å². The summed E-state index contributed by atoms with van der Waals surface area (Å²) >= 11 is 0. The summed E-state index contributed by atoms with van der Waals surface area (Å²) in [6.07, 6.45) is -0.855. The highest BCUT2D eigenvalue weighted by Gasteiger charge is 2.42. The first-order valence-corrected chi connectivity index (χ1v) is 10.5. The minimum absolute atomic E-state index is 0.0711. The molecule has 0 radical (unpaired) electrons. The highest BCUT2D eigenvalue weighted by Crippen LogP contribution is 2.48. The van der Waals surface area contributed by atoms with E-state index in [1.54, 1.807) is 4.57 Å². The predicted octanol–water partition coefficient (Wildman–Crippen LogP) is -1.53. The van der Waals surface area contributed by atoms with E-state index in [9.17, 15) is 24.5 Å². The van der Waals surface area contributed by atoms with Crippen LogP contribution in [-0.2, 0) is 23.1 Å². The first-order valence-electron chi connectivity index (χ1n) is 8.98. The number of aromatic nitrogens is 4. The molecule has 30 heavy (non-hydrogen) atoms. The van der Waals surface area contributed by atoms with Crippen LogP contribution in [0.15, 0.2) is 12.7 Å². The van der Waals surface area contributed by atoms with E-state index < -0.39 is 51.6 Å². The molecule has 3 heterocycles. The summed E-state index contributed by atoms with van der Waals surface area (Å²) in [5.74, 6) is 0.183. The number of aldehydes is 1. The SMILES string of the molecule is Nc1ncnc2c1ncn2[C@H]1CC(OP(=O)(O)OC[C@@H](O)C(N)CC=O)[C@@H](CO)O1. The molecule has 0 saturated carbocycles. The van der Waals surface area contributed by atoms with Gasteiger partial charge in [-0.2, -0.15) is 0 Å². The lowest BCUT2D eigenvalue weighted by Crippen LogP contribution is -2.38. The lowest BCUT2D eigenvalue weighted by molar-refractivity contribution is -0.108. The Morgan fingerprint density at radius 3 is 2.90 bits per heavy atom. The maximum atomic E-state index is 12.3. The van der Waals surface area contributed by atoms with Crippen molar-refractivity contribution in [2.75, 3.05) is 18.9 Å². The second kappa shape index (κ2) is 9.41. The number of nitrogen functional groups attached to an aromatic ring is 1. The summed E-state index contributed by atoms with van der Waals surface area (Å²) in [4.78, 5) is 32.5. The molecule has 0 aliphatic carbocycles. The molecule has 166 valence electrons. The van der Waals surface area contributed by atoms with Crippen molar-refractivity contribution in [2.45, 2.75) is 43.4 Å². The third-order valence-electron chi connectivity index (χ3n) is 4.60. The normalized spacial score (nSPS) is 25.8. The van der Waals surface area contributed by atoms with Gasteiger partial charge >= 0.3 is 7.82 Å². The Labute approximate surface area is 170 Å². The average Bonchev–Trinajstić information content (AvgIpc) is 3.30. The molecule has 2 aromatic rings. The van der Waals surface area contributed by atoms with Crippen molar-refractivity contribution in [1.82, 2.24) is 19.5 Å². The van der Waals surface area contributed by atoms with Crippen LogP contribution in [0.2, 0.25) is 0 Å². The van der Waals surface area contributed by atoms with Crippen molar-refractivity contribution in [2.24, 2.45) is 5.73 Å². The van der Waals surface area contributed by atoms with Crippen LogP contribution in [0.5, 0.6) is 0 Å². The summed E-state index contributed by atoms with van der Waals surface area (Å²) in [5.41, 5.74) is 12.1. The molecule has 7 N–H and O–H groups in total. The highest BCUT2D eigenvalue weighted by molar-refractivity contribution is 7.47. The van der Waals surface area contributed by atoms with E-state index in [-0.39, 0.29) is 18.7 Å². The van der Waals surface area contributed by atoms with Gasteiger partial charge in [0.1, 0.15) is 36.6 Å². The number of rotatable bonds is 10. The van der Waals surface area contributed by atoms with Crippen molar-refractivity contribution in [3.05, 3.63) is 12.7 Å². The highest BCUT2D eigenvalue weighted by atomic mass is 31.2. The fraction of sp³-hybridized carbons (Fsp3) is 0.600. The standard InChI is InChI=1S/C15H23N6O8P/c16-8(1-2-22)9(24)5-27-30(25,26)29-10-3-12(28-11(10)4-23)21-7-20-13-14(17)18-6-19-15(13)21/h2,6-12,23-24H,1,3-5,16H2,(H,25,26)(H2,17,18,19)/t8?,9-,10?,11-,12-/m1/s1. The largest absolute Gasteiger partial charge is 0.472 e. The van der Waals surface area contributed by atoms with Crippen LogP contribution in [0.25, 0.3) is 11.2 Å². The third-order valence-corrected chi connectivity index (χ3v) is 5.61. The molecule has 1 aliphatic rings. The second-order valence-electron chi connectivity index (χ2n) is 6.67. The van der Waals surface area contributed by atoms with Crippen molar-refractivity contribution in [1.29, 1.82) is 0 Å². The molecule has 1 fully saturated rings. The van der Waals surface area contributed by atoms with E-state index in [2.05, 4.69) is 15.0 Å². The number of carbonyl (C=O) groups excluding carboxylic acids is 1. The van der Waals surface area contributed by atoms with E-state index in [4.69, 9.17) is 25.3 Å². The Morgan fingerprint density at radius 1 is 1.43 bits per heavy atom. The summed E-state index contributed by atoms with van der Waals surface area (Å²) in [7, 11) is -4.63. The fourth-order valence-corrected chi connectivity index (χ4v) is 3.96. The molecule has 0 bridgehead atoms. The number of phosphoric ester groups is 1. The Balaban J connectivity index is 1.66. The summed E-state index contributed by atoms with van der Waals surface area (Å²) in [5, 5.41) is 19.3. The minimum atomic E-state index is -4.63. The Morgan fingerprint density at radius 2 is 2.20 bits per heavy atom. The van der Waals surface area contributed by atoms with Gasteiger partial charge in [0, 0.05) is 18.9 Å². The topological polar surface area (TPSA) is 218 Å². The molecule has 0 aromatic carbocycles. The number of nitrogens with zero attached hydrogens (tertiary/aromatic N) is 4. The van der Waals surface area contributed by atoms with Gasteiger partial charge in [-0.3, -0.25) is 13.6 Å². The lowest BCUT2D eigenvalue weighted by atomic mass is 10.1. The number of hydrogen-bond acceptors (Lipinski definition) is 12. The van der Waals surface area contributed by atoms with Gasteiger partial charge in [-0.05, 0) is 0 Å². The van der Waals surface area contributed by atoms with E-state index in [1.165, 1.54) is 12.7 Å². The molecular weight excluding hydrogens is 423 g/mol. The predicted molar refractivity (Wildman–Crippen MR) is 101 cm³/mol. The molecule has 3 unspecified atom stereocenters. The zero-order valence-corrected chi connectivity index (χ0v) is 16.6. The minimum Gasteiger partial charge on any atom is -0.394 e. The first-order chi connectivity index (χ1) is 14.3. The van der Waals surface area contributed by atoms with Crippen molar-refractivity contribution >= 4 is 31.1 Å². The number of carbonyl (C=O) groups is 1. The Hall–Kier alpha value is -2.03. The molecule has 15 heteroatoms. The number of fused-ring (bicyclic) bond motifs is 1. The number of aliphatic hydroxyl groups is 2. The van der Waals surface area contributed by atoms with Gasteiger partial charge in [0.2, 0.25) is 0 Å². The van der Waals surface area contributed by atoms with Crippen LogP contribution in [0, 0.1) is 0 Å². The van der Waals surface area contributed by atoms with Crippen molar-refractivity contribution in [3.63, 3.8) is 0 Å². The van der Waals surface area contributed by atoms with Gasteiger partial charge in [-0.1, -0.05) is 0 Å². The molecule has 14 nitrogen and oxygen atoms in total. The maximum Gasteiger partial charge on any atom is 0.472 e. The second-order valence-corrected chi connectivity index (χ2v) is 8.08. The summed E-state index contributed by atoms with van der Waals surface area (Å²) in [6.45, 7) is -1.11. The quantitative estimate of drug-likeness (QED) is 0.207. The molecule has 1 aliphatic heterocycles. The van der Waals surface area contributed by atoms with E-state index in [0.29, 0.717) is 17.5 Å². The monoisotopic (exact) mass is 446 g/mol. The van der Waals surface area contributed by atoms with Gasteiger partial charge in [0.15, 0.2) is 11.5 Å². The first kappa shape index (κ1) is 22.7. The molecule has 6 atom stereocenters. The van der Waals surface area contributed by atoms with Crippen LogP contribution in [-0.4, -0.2) is 78.5 Å². The van der Waals surface area contributed by atoms with Gasteiger partial charge in [0.25, 0.3) is 0 Å². The van der Waals surface area contributed by atoms with Gasteiger partial charge in [0.05, 0.1) is 25.6 Å². The van der Waals surface area contributed by atoms with Gasteiger partial charge in [-0.25, -0.2) is 19.5 Å². The Bertz CT molecular complexity index is 928. The number of ether oxygens (including phenoxy) is 1. The van der Waals surface area contributed by atoms with Gasteiger partial charge in [-0.15, -0.1) is 0 Å². The zero-order valence-electron chi connectivity index (χ0n) is 15.7. The summed E-state index contributed by atoms with van der Waals surface area (Å²) in [6, 6.07) is -0.948. The van der Waals surface area contributed by atoms with E-state index in [0.717, 1.165) is 0 Å².